The lowest BCUT2D eigenvalue weighted by atomic mass is 9.87. The monoisotopic (exact) mass is 300 g/mol. The standard InChI is InChI=1S/C16H28O5/c1-5-6-7-8-9-15(4,19)13(17)12-10-16(20,11(2)3)21-14(12)18/h10-11,13,17,19-20H,5-9H2,1-4H3/t13-,15+,16?/m1/s1. The Hall–Kier alpha value is -0.910. The van der Waals surface area contributed by atoms with Gasteiger partial charge in [-0.15, -0.1) is 0 Å². The lowest BCUT2D eigenvalue weighted by molar-refractivity contribution is -0.192. The molecule has 1 heterocycles. The topological polar surface area (TPSA) is 87.0 Å². The Morgan fingerprint density at radius 1 is 1.33 bits per heavy atom. The Morgan fingerprint density at radius 2 is 1.95 bits per heavy atom. The van der Waals surface area contributed by atoms with Crippen LogP contribution in [-0.4, -0.2) is 38.8 Å². The summed E-state index contributed by atoms with van der Waals surface area (Å²) in [4.78, 5) is 11.8. The molecule has 5 heteroatoms. The maximum absolute atomic E-state index is 11.8. The van der Waals surface area contributed by atoms with E-state index in [1.807, 2.05) is 0 Å². The Balaban J connectivity index is 2.77. The van der Waals surface area contributed by atoms with Gasteiger partial charge in [-0.1, -0.05) is 46.5 Å². The minimum atomic E-state index is -1.70. The third-order valence-corrected chi connectivity index (χ3v) is 4.10. The highest BCUT2D eigenvalue weighted by molar-refractivity contribution is 5.92. The molecule has 1 aliphatic rings. The van der Waals surface area contributed by atoms with Crippen molar-refractivity contribution in [3.63, 3.8) is 0 Å². The van der Waals surface area contributed by atoms with Gasteiger partial charge in [0.05, 0.1) is 11.2 Å². The third kappa shape index (κ3) is 4.28. The second-order valence-corrected chi connectivity index (χ2v) is 6.47. The molecule has 0 saturated heterocycles. The Bertz CT molecular complexity index is 399. The highest BCUT2D eigenvalue weighted by Crippen LogP contribution is 2.34. The number of carbonyl (C=O) groups is 1. The molecule has 3 N–H and O–H groups in total. The van der Waals surface area contributed by atoms with Crippen molar-refractivity contribution in [3.05, 3.63) is 11.6 Å². The number of esters is 1. The molecule has 1 rings (SSSR count). The Morgan fingerprint density at radius 3 is 2.43 bits per heavy atom. The largest absolute Gasteiger partial charge is 0.426 e. The van der Waals surface area contributed by atoms with E-state index in [9.17, 15) is 20.1 Å². The SMILES string of the molecule is CCCCCC[C@](C)(O)[C@H](O)C1=CC(O)(C(C)C)OC1=O. The van der Waals surface area contributed by atoms with Crippen molar-refractivity contribution >= 4 is 5.97 Å². The third-order valence-electron chi connectivity index (χ3n) is 4.10. The predicted molar refractivity (Wildman–Crippen MR) is 79.4 cm³/mol. The average molecular weight is 300 g/mol. The van der Waals surface area contributed by atoms with Crippen molar-refractivity contribution in [2.75, 3.05) is 0 Å². The molecule has 0 radical (unpaired) electrons. The second kappa shape index (κ2) is 6.90. The Labute approximate surface area is 126 Å². The molecule has 3 atom stereocenters. The van der Waals surface area contributed by atoms with Gasteiger partial charge in [0.1, 0.15) is 6.10 Å². The van der Waals surface area contributed by atoms with Gasteiger partial charge in [-0.25, -0.2) is 4.79 Å². The van der Waals surface area contributed by atoms with Gasteiger partial charge in [-0.2, -0.15) is 0 Å². The van der Waals surface area contributed by atoms with E-state index >= 15 is 0 Å². The molecule has 21 heavy (non-hydrogen) atoms. The Kier molecular flexibility index (Phi) is 5.96. The molecule has 0 spiro atoms. The van der Waals surface area contributed by atoms with Gasteiger partial charge in [-0.05, 0) is 13.3 Å². The van der Waals surface area contributed by atoms with Gasteiger partial charge >= 0.3 is 5.97 Å². The highest BCUT2D eigenvalue weighted by atomic mass is 16.7. The molecule has 0 saturated carbocycles. The van der Waals surface area contributed by atoms with E-state index in [1.54, 1.807) is 13.8 Å². The fourth-order valence-electron chi connectivity index (χ4n) is 2.38. The molecule has 122 valence electrons. The minimum Gasteiger partial charge on any atom is -0.426 e. The molecule has 1 aliphatic heterocycles. The normalized spacial score (nSPS) is 26.5. The summed E-state index contributed by atoms with van der Waals surface area (Å²) in [6, 6.07) is 0. The second-order valence-electron chi connectivity index (χ2n) is 6.47. The zero-order valence-corrected chi connectivity index (χ0v) is 13.4. The van der Waals surface area contributed by atoms with Gasteiger partial charge in [0.15, 0.2) is 0 Å². The molecule has 0 bridgehead atoms. The minimum absolute atomic E-state index is 0.0632. The summed E-state index contributed by atoms with van der Waals surface area (Å²) >= 11 is 0. The summed E-state index contributed by atoms with van der Waals surface area (Å²) < 4.78 is 4.94. The van der Waals surface area contributed by atoms with Crippen LogP contribution in [0.3, 0.4) is 0 Å². The number of unbranched alkanes of at least 4 members (excludes halogenated alkanes) is 3. The van der Waals surface area contributed by atoms with E-state index in [0.29, 0.717) is 6.42 Å². The van der Waals surface area contributed by atoms with Crippen LogP contribution in [0.1, 0.15) is 59.8 Å². The van der Waals surface area contributed by atoms with E-state index < -0.39 is 23.5 Å². The first-order valence-electron chi connectivity index (χ1n) is 7.73. The van der Waals surface area contributed by atoms with Crippen LogP contribution in [0.25, 0.3) is 0 Å². The van der Waals surface area contributed by atoms with Crippen molar-refractivity contribution in [1.82, 2.24) is 0 Å². The summed E-state index contributed by atoms with van der Waals surface area (Å²) in [6.45, 7) is 7.02. The van der Waals surface area contributed by atoms with Gasteiger partial charge in [0.25, 0.3) is 0 Å². The van der Waals surface area contributed by atoms with E-state index in [0.717, 1.165) is 25.7 Å². The van der Waals surface area contributed by atoms with Gasteiger partial charge < -0.3 is 20.1 Å². The quantitative estimate of drug-likeness (QED) is 0.471. The van der Waals surface area contributed by atoms with E-state index in [1.165, 1.54) is 13.0 Å². The van der Waals surface area contributed by atoms with Crippen molar-refractivity contribution in [1.29, 1.82) is 0 Å². The van der Waals surface area contributed by atoms with Crippen LogP contribution < -0.4 is 0 Å². The molecule has 0 fully saturated rings. The fraction of sp³-hybridized carbons (Fsp3) is 0.812. The summed E-state index contributed by atoms with van der Waals surface area (Å²) in [7, 11) is 0. The van der Waals surface area contributed by atoms with Crippen LogP contribution in [0.2, 0.25) is 0 Å². The summed E-state index contributed by atoms with van der Waals surface area (Å²) in [5.41, 5.74) is -1.48. The first-order chi connectivity index (χ1) is 9.64. The van der Waals surface area contributed by atoms with Crippen LogP contribution in [0.5, 0.6) is 0 Å². The highest BCUT2D eigenvalue weighted by Gasteiger charge is 2.46. The zero-order valence-electron chi connectivity index (χ0n) is 13.4. The first-order valence-corrected chi connectivity index (χ1v) is 7.73. The number of aliphatic hydroxyl groups excluding tert-OH is 1. The summed E-state index contributed by atoms with van der Waals surface area (Å²) in [6.07, 6.45) is 4.16. The zero-order chi connectivity index (χ0) is 16.3. The van der Waals surface area contributed by atoms with E-state index in [-0.39, 0.29) is 11.5 Å². The van der Waals surface area contributed by atoms with Gasteiger partial charge in [0, 0.05) is 12.0 Å². The average Bonchev–Trinajstić information content (AvgIpc) is 2.70. The molecule has 1 unspecified atom stereocenters. The molecule has 0 aromatic heterocycles. The van der Waals surface area contributed by atoms with Crippen LogP contribution in [0, 0.1) is 5.92 Å². The fourth-order valence-corrected chi connectivity index (χ4v) is 2.38. The maximum atomic E-state index is 11.8. The van der Waals surface area contributed by atoms with Gasteiger partial charge in [-0.3, -0.25) is 0 Å². The maximum Gasteiger partial charge on any atom is 0.339 e. The van der Waals surface area contributed by atoms with Crippen LogP contribution in [0.15, 0.2) is 11.6 Å². The summed E-state index contributed by atoms with van der Waals surface area (Å²) in [5, 5.41) is 30.8. The van der Waals surface area contributed by atoms with Crippen molar-refractivity contribution < 1.29 is 24.9 Å². The molecule has 0 aromatic carbocycles. The van der Waals surface area contributed by atoms with Crippen LogP contribution in [0.4, 0.5) is 0 Å². The first kappa shape index (κ1) is 18.1. The lowest BCUT2D eigenvalue weighted by Crippen LogP contribution is -2.41. The molecule has 0 aromatic rings. The van der Waals surface area contributed by atoms with E-state index in [4.69, 9.17) is 4.74 Å². The summed E-state index contributed by atoms with van der Waals surface area (Å²) in [5.74, 6) is -2.81. The number of hydrogen-bond donors (Lipinski definition) is 3. The number of rotatable bonds is 8. The van der Waals surface area contributed by atoms with Crippen molar-refractivity contribution in [3.8, 4) is 0 Å². The number of carbonyl (C=O) groups excluding carboxylic acids is 1. The molecule has 0 aliphatic carbocycles. The number of aliphatic hydroxyl groups is 3. The number of cyclic esters (lactones) is 1. The molecule has 5 nitrogen and oxygen atoms in total. The van der Waals surface area contributed by atoms with Gasteiger partial charge in [0.2, 0.25) is 5.79 Å². The predicted octanol–water partition coefficient (Wildman–Crippen LogP) is 1.90. The van der Waals surface area contributed by atoms with Crippen molar-refractivity contribution in [2.24, 2.45) is 5.92 Å². The van der Waals surface area contributed by atoms with Crippen molar-refractivity contribution in [2.45, 2.75) is 77.3 Å². The number of hydrogen-bond acceptors (Lipinski definition) is 5. The molecular formula is C16H28O5. The smallest absolute Gasteiger partial charge is 0.339 e. The van der Waals surface area contributed by atoms with Crippen LogP contribution >= 0.6 is 0 Å². The number of ether oxygens (including phenoxy) is 1. The molecular weight excluding hydrogens is 272 g/mol. The van der Waals surface area contributed by atoms with Crippen LogP contribution in [-0.2, 0) is 9.53 Å². The molecule has 0 amide bonds. The lowest BCUT2D eigenvalue weighted by Gasteiger charge is -2.28. The van der Waals surface area contributed by atoms with E-state index in [2.05, 4.69) is 6.92 Å².